The zero-order chi connectivity index (χ0) is 19.9. The Morgan fingerprint density at radius 3 is 2.86 bits per heavy atom. The average Bonchev–Trinajstić information content (AvgIpc) is 3.21. The second kappa shape index (κ2) is 10.0. The second-order valence-corrected chi connectivity index (χ2v) is 8.51. The highest BCUT2D eigenvalue weighted by molar-refractivity contribution is 7.98. The Balaban J connectivity index is 1.53. The van der Waals surface area contributed by atoms with E-state index in [1.54, 1.807) is 28.0 Å². The SMILES string of the molecule is COCC(=O)N1CCCC(C(=O)NCc2nc(-c3ccc(SC)cc3)cs2)C1. The van der Waals surface area contributed by atoms with Crippen molar-refractivity contribution in [2.24, 2.45) is 5.92 Å². The first-order valence-electron chi connectivity index (χ1n) is 9.24. The summed E-state index contributed by atoms with van der Waals surface area (Å²) >= 11 is 3.25. The first-order valence-corrected chi connectivity index (χ1v) is 11.3. The molecule has 0 aliphatic carbocycles. The maximum atomic E-state index is 12.5. The molecule has 2 heterocycles. The Bertz CT molecular complexity index is 807. The predicted molar refractivity (Wildman–Crippen MR) is 112 cm³/mol. The Morgan fingerprint density at radius 2 is 2.14 bits per heavy atom. The summed E-state index contributed by atoms with van der Waals surface area (Å²) in [6, 6.07) is 8.30. The van der Waals surface area contributed by atoms with E-state index in [4.69, 9.17) is 4.74 Å². The standard InChI is InChI=1S/C20H25N3O3S2/c1-26-12-19(24)23-9-3-4-15(11-23)20(25)21-10-18-22-17(13-28-18)14-5-7-16(27-2)8-6-14/h5-8,13,15H,3-4,9-12H2,1-2H3,(H,21,25). The van der Waals surface area contributed by atoms with Crippen LogP contribution in [0.4, 0.5) is 0 Å². The lowest BCUT2D eigenvalue weighted by Gasteiger charge is -2.31. The minimum absolute atomic E-state index is 0.0176. The van der Waals surface area contributed by atoms with E-state index >= 15 is 0 Å². The fourth-order valence-corrected chi connectivity index (χ4v) is 4.38. The van der Waals surface area contributed by atoms with Crippen molar-refractivity contribution in [3.05, 3.63) is 34.7 Å². The highest BCUT2D eigenvalue weighted by atomic mass is 32.2. The van der Waals surface area contributed by atoms with Crippen LogP contribution in [0, 0.1) is 5.92 Å². The summed E-state index contributed by atoms with van der Waals surface area (Å²) in [5.41, 5.74) is 2.00. The molecular formula is C20H25N3O3S2. The number of nitrogens with zero attached hydrogens (tertiary/aromatic N) is 2. The van der Waals surface area contributed by atoms with Crippen LogP contribution < -0.4 is 5.32 Å². The predicted octanol–water partition coefficient (Wildman–Crippen LogP) is 3.03. The molecule has 1 N–H and O–H groups in total. The van der Waals surface area contributed by atoms with Crippen LogP contribution in [0.3, 0.4) is 0 Å². The Morgan fingerprint density at radius 1 is 1.36 bits per heavy atom. The number of thiazole rings is 1. The molecule has 6 nitrogen and oxygen atoms in total. The first-order chi connectivity index (χ1) is 13.6. The van der Waals surface area contributed by atoms with Gasteiger partial charge in [-0.15, -0.1) is 23.1 Å². The number of carbonyl (C=O) groups is 2. The largest absolute Gasteiger partial charge is 0.375 e. The van der Waals surface area contributed by atoms with Gasteiger partial charge in [-0.1, -0.05) is 12.1 Å². The molecule has 1 unspecified atom stereocenters. The fourth-order valence-electron chi connectivity index (χ4n) is 3.23. The van der Waals surface area contributed by atoms with Crippen LogP contribution in [0.1, 0.15) is 17.8 Å². The van der Waals surface area contributed by atoms with E-state index in [0.717, 1.165) is 29.1 Å². The maximum Gasteiger partial charge on any atom is 0.248 e. The molecule has 1 fully saturated rings. The molecule has 1 saturated heterocycles. The van der Waals surface area contributed by atoms with Gasteiger partial charge >= 0.3 is 0 Å². The van der Waals surface area contributed by atoms with E-state index in [9.17, 15) is 9.59 Å². The molecule has 1 aliphatic heterocycles. The number of amides is 2. The second-order valence-electron chi connectivity index (χ2n) is 6.68. The van der Waals surface area contributed by atoms with Crippen molar-refractivity contribution in [2.75, 3.05) is 33.1 Å². The molecule has 1 aliphatic rings. The number of rotatable bonds is 7. The van der Waals surface area contributed by atoms with Gasteiger partial charge in [0.25, 0.3) is 0 Å². The van der Waals surface area contributed by atoms with Gasteiger partial charge in [0.15, 0.2) is 0 Å². The number of carbonyl (C=O) groups excluding carboxylic acids is 2. The fraction of sp³-hybridized carbons (Fsp3) is 0.450. The first kappa shape index (κ1) is 20.8. The highest BCUT2D eigenvalue weighted by Crippen LogP contribution is 2.25. The van der Waals surface area contributed by atoms with Crippen molar-refractivity contribution >= 4 is 34.9 Å². The van der Waals surface area contributed by atoms with Crippen molar-refractivity contribution < 1.29 is 14.3 Å². The third-order valence-electron chi connectivity index (χ3n) is 4.76. The maximum absolute atomic E-state index is 12.5. The highest BCUT2D eigenvalue weighted by Gasteiger charge is 2.28. The molecule has 1 aromatic carbocycles. The normalized spacial score (nSPS) is 16.8. The van der Waals surface area contributed by atoms with Gasteiger partial charge < -0.3 is 15.0 Å². The van der Waals surface area contributed by atoms with Crippen molar-refractivity contribution in [1.29, 1.82) is 0 Å². The smallest absolute Gasteiger partial charge is 0.248 e. The lowest BCUT2D eigenvalue weighted by Crippen LogP contribution is -2.46. The van der Waals surface area contributed by atoms with Gasteiger partial charge in [-0.2, -0.15) is 0 Å². The number of thioether (sulfide) groups is 1. The number of benzene rings is 1. The lowest BCUT2D eigenvalue weighted by atomic mass is 9.97. The van der Waals surface area contributed by atoms with Gasteiger partial charge in [0.05, 0.1) is 18.2 Å². The van der Waals surface area contributed by atoms with Gasteiger partial charge in [0.2, 0.25) is 11.8 Å². The van der Waals surface area contributed by atoms with E-state index in [-0.39, 0.29) is 24.3 Å². The van der Waals surface area contributed by atoms with Gasteiger partial charge in [-0.25, -0.2) is 4.98 Å². The van der Waals surface area contributed by atoms with Crippen LogP contribution in [-0.2, 0) is 20.9 Å². The molecule has 2 amide bonds. The van der Waals surface area contributed by atoms with E-state index in [0.29, 0.717) is 19.6 Å². The summed E-state index contributed by atoms with van der Waals surface area (Å²) in [7, 11) is 1.51. The number of likely N-dealkylation sites (tertiary alicyclic amines) is 1. The average molecular weight is 420 g/mol. The summed E-state index contributed by atoms with van der Waals surface area (Å²) in [6.07, 6.45) is 3.69. The van der Waals surface area contributed by atoms with Gasteiger partial charge in [0, 0.05) is 36.0 Å². The molecule has 0 saturated carbocycles. The quantitative estimate of drug-likeness (QED) is 0.699. The number of aromatic nitrogens is 1. The summed E-state index contributed by atoms with van der Waals surface area (Å²) in [5.74, 6) is -0.249. The topological polar surface area (TPSA) is 71.5 Å². The number of ether oxygens (including phenoxy) is 1. The van der Waals surface area contributed by atoms with E-state index < -0.39 is 0 Å². The molecule has 0 bridgehead atoms. The molecule has 0 spiro atoms. The summed E-state index contributed by atoms with van der Waals surface area (Å²) in [4.78, 5) is 32.1. The third-order valence-corrected chi connectivity index (χ3v) is 6.36. The molecule has 1 atom stereocenters. The molecular weight excluding hydrogens is 394 g/mol. The molecule has 1 aromatic heterocycles. The number of hydrogen-bond donors (Lipinski definition) is 1. The summed E-state index contributed by atoms with van der Waals surface area (Å²) in [6.45, 7) is 1.62. The van der Waals surface area contributed by atoms with Crippen LogP contribution >= 0.6 is 23.1 Å². The van der Waals surface area contributed by atoms with Crippen LogP contribution in [0.2, 0.25) is 0 Å². The number of methoxy groups -OCH3 is 1. The molecule has 3 rings (SSSR count). The Labute approximate surface area is 173 Å². The Hall–Kier alpha value is -1.90. The van der Waals surface area contributed by atoms with Crippen LogP contribution in [0.25, 0.3) is 11.3 Å². The molecule has 2 aromatic rings. The van der Waals surface area contributed by atoms with Crippen molar-refractivity contribution in [1.82, 2.24) is 15.2 Å². The molecule has 8 heteroatoms. The molecule has 0 radical (unpaired) electrons. The van der Waals surface area contributed by atoms with Gasteiger partial charge in [-0.05, 0) is 31.2 Å². The van der Waals surface area contributed by atoms with Crippen LogP contribution in [-0.4, -0.2) is 54.8 Å². The minimum Gasteiger partial charge on any atom is -0.375 e. The molecule has 28 heavy (non-hydrogen) atoms. The van der Waals surface area contributed by atoms with E-state index in [2.05, 4.69) is 40.8 Å². The number of hydrogen-bond acceptors (Lipinski definition) is 6. The van der Waals surface area contributed by atoms with E-state index in [1.165, 1.54) is 12.0 Å². The third kappa shape index (κ3) is 5.33. The van der Waals surface area contributed by atoms with Gasteiger partial charge in [-0.3, -0.25) is 9.59 Å². The number of piperidine rings is 1. The molecule has 150 valence electrons. The number of nitrogens with one attached hydrogen (secondary N) is 1. The Kier molecular flexibility index (Phi) is 7.47. The van der Waals surface area contributed by atoms with Crippen LogP contribution in [0.5, 0.6) is 0 Å². The zero-order valence-electron chi connectivity index (χ0n) is 16.1. The van der Waals surface area contributed by atoms with Crippen molar-refractivity contribution in [3.8, 4) is 11.3 Å². The zero-order valence-corrected chi connectivity index (χ0v) is 17.8. The van der Waals surface area contributed by atoms with Crippen molar-refractivity contribution in [2.45, 2.75) is 24.3 Å². The monoisotopic (exact) mass is 419 g/mol. The minimum atomic E-state index is -0.173. The van der Waals surface area contributed by atoms with E-state index in [1.807, 2.05) is 5.38 Å². The lowest BCUT2D eigenvalue weighted by molar-refractivity contribution is -0.139. The van der Waals surface area contributed by atoms with Crippen LogP contribution in [0.15, 0.2) is 34.5 Å². The van der Waals surface area contributed by atoms with Crippen molar-refractivity contribution in [3.63, 3.8) is 0 Å². The van der Waals surface area contributed by atoms with Gasteiger partial charge in [0.1, 0.15) is 11.6 Å². The summed E-state index contributed by atoms with van der Waals surface area (Å²) in [5, 5.41) is 5.87. The summed E-state index contributed by atoms with van der Waals surface area (Å²) < 4.78 is 4.91.